The van der Waals surface area contributed by atoms with Gasteiger partial charge in [0, 0.05) is 42.7 Å². The summed E-state index contributed by atoms with van der Waals surface area (Å²) in [5.41, 5.74) is 15.4. The van der Waals surface area contributed by atoms with Gasteiger partial charge in [-0.3, -0.25) is 0 Å². The molecule has 12 rings (SSSR count). The summed E-state index contributed by atoms with van der Waals surface area (Å²) < 4.78 is 2.61. The van der Waals surface area contributed by atoms with Crippen LogP contribution in [0.3, 0.4) is 0 Å². The Labute approximate surface area is 377 Å². The average Bonchev–Trinajstić information content (AvgIpc) is 3.76. The van der Waals surface area contributed by atoms with E-state index in [2.05, 4.69) is 254 Å². The highest BCUT2D eigenvalue weighted by molar-refractivity contribution is 7.26. The molecule has 0 saturated carbocycles. The van der Waals surface area contributed by atoms with Gasteiger partial charge in [0.15, 0.2) is 0 Å². The predicted octanol–water partition coefficient (Wildman–Crippen LogP) is 18.2. The van der Waals surface area contributed by atoms with Gasteiger partial charge in [-0.2, -0.15) is 0 Å². The van der Waals surface area contributed by atoms with Crippen molar-refractivity contribution in [2.45, 2.75) is 0 Å². The van der Waals surface area contributed by atoms with Crippen molar-refractivity contribution >= 4 is 70.1 Å². The Kier molecular flexibility index (Phi) is 9.43. The van der Waals surface area contributed by atoms with Crippen molar-refractivity contribution < 1.29 is 0 Å². The first-order valence-electron chi connectivity index (χ1n) is 21.9. The van der Waals surface area contributed by atoms with Gasteiger partial charge in [-0.15, -0.1) is 11.3 Å². The number of nitrogens with zero attached hydrogens (tertiary/aromatic N) is 1. The van der Waals surface area contributed by atoms with Crippen molar-refractivity contribution in [2.75, 3.05) is 4.90 Å². The topological polar surface area (TPSA) is 3.24 Å². The Bertz CT molecular complexity index is 3630. The predicted molar refractivity (Wildman–Crippen MR) is 276 cm³/mol. The molecule has 300 valence electrons. The molecule has 12 aromatic rings. The van der Waals surface area contributed by atoms with Crippen molar-refractivity contribution in [1.29, 1.82) is 0 Å². The van der Waals surface area contributed by atoms with Crippen LogP contribution in [0.1, 0.15) is 0 Å². The molecule has 0 aliphatic rings. The van der Waals surface area contributed by atoms with E-state index in [0.29, 0.717) is 0 Å². The van der Waals surface area contributed by atoms with Crippen LogP contribution < -0.4 is 4.90 Å². The molecule has 11 aromatic carbocycles. The van der Waals surface area contributed by atoms with Gasteiger partial charge >= 0.3 is 0 Å². The number of hydrogen-bond donors (Lipinski definition) is 0. The maximum Gasteiger partial charge on any atom is 0.0540 e. The Hall–Kier alpha value is -8.04. The van der Waals surface area contributed by atoms with E-state index in [-0.39, 0.29) is 0 Å². The lowest BCUT2D eigenvalue weighted by Gasteiger charge is -2.28. The Morgan fingerprint density at radius 1 is 0.266 bits per heavy atom. The first kappa shape index (κ1) is 37.7. The van der Waals surface area contributed by atoms with Crippen molar-refractivity contribution in [3.63, 3.8) is 0 Å². The second-order valence-corrected chi connectivity index (χ2v) is 17.5. The molecule has 0 N–H and O–H groups in total. The first-order valence-corrected chi connectivity index (χ1v) is 22.7. The summed E-state index contributed by atoms with van der Waals surface area (Å²) in [7, 11) is 0. The van der Waals surface area contributed by atoms with Crippen LogP contribution in [0.15, 0.2) is 249 Å². The molecule has 0 bridgehead atoms. The fraction of sp³-hybridized carbons (Fsp3) is 0. The Morgan fingerprint density at radius 3 is 1.42 bits per heavy atom. The molecule has 0 radical (unpaired) electrons. The van der Waals surface area contributed by atoms with E-state index in [1.54, 1.807) is 0 Å². The number of thiophene rings is 1. The number of para-hydroxylation sites is 1. The van der Waals surface area contributed by atoms with Crippen LogP contribution in [0.2, 0.25) is 0 Å². The lowest BCUT2D eigenvalue weighted by atomic mass is 9.96. The van der Waals surface area contributed by atoms with Crippen molar-refractivity contribution in [1.82, 2.24) is 0 Å². The maximum absolute atomic E-state index is 2.42. The molecule has 0 unspecified atom stereocenters. The summed E-state index contributed by atoms with van der Waals surface area (Å²) in [4.78, 5) is 2.42. The third-order valence-electron chi connectivity index (χ3n) is 12.7. The van der Waals surface area contributed by atoms with E-state index in [1.807, 2.05) is 11.3 Å². The monoisotopic (exact) mass is 831 g/mol. The Balaban J connectivity index is 0.917. The molecule has 0 fully saturated rings. The number of anilines is 3. The summed E-state index contributed by atoms with van der Waals surface area (Å²) in [6.07, 6.45) is 0. The first-order chi connectivity index (χ1) is 31.7. The third-order valence-corrected chi connectivity index (χ3v) is 13.9. The fourth-order valence-corrected chi connectivity index (χ4v) is 10.7. The van der Waals surface area contributed by atoms with Gasteiger partial charge < -0.3 is 4.90 Å². The van der Waals surface area contributed by atoms with Crippen LogP contribution in [0.4, 0.5) is 17.1 Å². The summed E-state index contributed by atoms with van der Waals surface area (Å²) in [5, 5.41) is 7.65. The minimum absolute atomic E-state index is 1.10. The highest BCUT2D eigenvalue weighted by Crippen LogP contribution is 2.46. The number of benzene rings is 11. The molecule has 1 aromatic heterocycles. The highest BCUT2D eigenvalue weighted by atomic mass is 32.1. The molecule has 1 nitrogen and oxygen atoms in total. The van der Waals surface area contributed by atoms with Crippen LogP contribution in [0, 0.1) is 0 Å². The zero-order valence-electron chi connectivity index (χ0n) is 35.0. The van der Waals surface area contributed by atoms with Crippen LogP contribution in [-0.4, -0.2) is 0 Å². The maximum atomic E-state index is 2.42. The molecule has 0 atom stereocenters. The summed E-state index contributed by atoms with van der Waals surface area (Å²) in [5.74, 6) is 0. The average molecular weight is 832 g/mol. The van der Waals surface area contributed by atoms with Gasteiger partial charge in [0.1, 0.15) is 0 Å². The van der Waals surface area contributed by atoms with E-state index in [9.17, 15) is 0 Å². The van der Waals surface area contributed by atoms with E-state index in [1.165, 1.54) is 97.4 Å². The normalized spacial score (nSPS) is 11.4. The lowest BCUT2D eigenvalue weighted by Crippen LogP contribution is -2.11. The molecule has 1 heterocycles. The van der Waals surface area contributed by atoms with Gasteiger partial charge in [0.05, 0.1) is 5.69 Å². The second-order valence-electron chi connectivity index (χ2n) is 16.5. The van der Waals surface area contributed by atoms with Crippen molar-refractivity contribution in [2.24, 2.45) is 0 Å². The van der Waals surface area contributed by atoms with Gasteiger partial charge in [-0.1, -0.05) is 206 Å². The van der Waals surface area contributed by atoms with Crippen molar-refractivity contribution in [3.05, 3.63) is 249 Å². The molecule has 0 spiro atoms. The van der Waals surface area contributed by atoms with E-state index in [0.717, 1.165) is 17.1 Å². The van der Waals surface area contributed by atoms with E-state index in [4.69, 9.17) is 0 Å². The van der Waals surface area contributed by atoms with Gasteiger partial charge in [-0.25, -0.2) is 0 Å². The van der Waals surface area contributed by atoms with Gasteiger partial charge in [0.2, 0.25) is 0 Å². The largest absolute Gasteiger partial charge is 0.310 e. The van der Waals surface area contributed by atoms with Crippen LogP contribution >= 0.6 is 11.3 Å². The van der Waals surface area contributed by atoms with Crippen LogP contribution in [-0.2, 0) is 0 Å². The summed E-state index contributed by atoms with van der Waals surface area (Å²) >= 11 is 1.88. The molecular weight excluding hydrogens is 791 g/mol. The summed E-state index contributed by atoms with van der Waals surface area (Å²) in [6.45, 7) is 0. The summed E-state index contributed by atoms with van der Waals surface area (Å²) in [6, 6.07) is 90.9. The van der Waals surface area contributed by atoms with Crippen LogP contribution in [0.5, 0.6) is 0 Å². The molecule has 0 aliphatic carbocycles. The number of rotatable bonds is 8. The third kappa shape index (κ3) is 6.82. The number of hydrogen-bond acceptors (Lipinski definition) is 2. The van der Waals surface area contributed by atoms with E-state index < -0.39 is 0 Å². The lowest BCUT2D eigenvalue weighted by molar-refractivity contribution is 1.28. The minimum atomic E-state index is 1.10. The molecular formula is C62H41NS. The quantitative estimate of drug-likeness (QED) is 0.147. The van der Waals surface area contributed by atoms with Gasteiger partial charge in [0.25, 0.3) is 0 Å². The molecule has 64 heavy (non-hydrogen) atoms. The molecule has 0 aliphatic heterocycles. The SMILES string of the molecule is c1ccc(N(c2ccc(-c3ccc(-c4ccc5ccccc5c4)cc3)cc2)c2ccc(-c3ccc(-c4cccc5ccccc45)cc3)cc2)c(-c2cccc3c2sc2ccccc23)c1. The number of fused-ring (bicyclic) bond motifs is 5. The van der Waals surface area contributed by atoms with E-state index >= 15 is 0 Å². The standard InChI is InChI=1S/C62H41NS/c1-2-13-50-41-51(32-29-42(50)11-1)47-25-23-43(24-26-47)45-33-37-52(38-34-45)63(60-21-7-5-16-56(60)58-19-10-20-59-57-17-6-8-22-61(57)64-62(58)59)53-39-35-46(36-40-53)44-27-30-49(31-28-44)55-18-9-14-48-12-3-4-15-54(48)55/h1-41H. The zero-order valence-corrected chi connectivity index (χ0v) is 35.8. The molecule has 0 amide bonds. The van der Waals surface area contributed by atoms with Crippen LogP contribution in [0.25, 0.3) is 97.4 Å². The zero-order chi connectivity index (χ0) is 42.4. The Morgan fingerprint density at radius 2 is 0.719 bits per heavy atom. The van der Waals surface area contributed by atoms with Crippen molar-refractivity contribution in [3.8, 4) is 55.6 Å². The smallest absolute Gasteiger partial charge is 0.0540 e. The fourth-order valence-electron chi connectivity index (χ4n) is 9.43. The molecule has 0 saturated heterocycles. The second kappa shape index (κ2) is 16.0. The minimum Gasteiger partial charge on any atom is -0.310 e. The highest BCUT2D eigenvalue weighted by Gasteiger charge is 2.20. The van der Waals surface area contributed by atoms with Gasteiger partial charge in [-0.05, 0) is 109 Å². The molecule has 2 heteroatoms.